The van der Waals surface area contributed by atoms with Gasteiger partial charge in [-0.05, 0) is 31.2 Å². The van der Waals surface area contributed by atoms with Crippen molar-refractivity contribution in [2.45, 2.75) is 17.7 Å². The molecule has 1 fully saturated rings. The van der Waals surface area contributed by atoms with Gasteiger partial charge >= 0.3 is 0 Å². The van der Waals surface area contributed by atoms with E-state index in [0.717, 1.165) is 36.6 Å². The minimum atomic E-state index is 0.0794. The molecule has 2 aromatic rings. The predicted molar refractivity (Wildman–Crippen MR) is 90.4 cm³/mol. The normalized spacial score (nSPS) is 19.0. The maximum Gasteiger partial charge on any atom is 0.224 e. The van der Waals surface area contributed by atoms with E-state index in [2.05, 4.69) is 34.7 Å². The number of thiazole rings is 1. The lowest BCUT2D eigenvalue weighted by molar-refractivity contribution is -0.124. The third-order valence-corrected chi connectivity index (χ3v) is 5.75. The van der Waals surface area contributed by atoms with E-state index >= 15 is 0 Å². The minimum absolute atomic E-state index is 0.0794. The summed E-state index contributed by atoms with van der Waals surface area (Å²) in [5.74, 6) is 0.224. The average molecular weight is 321 g/mol. The van der Waals surface area contributed by atoms with Gasteiger partial charge in [-0.15, -0.1) is 11.8 Å². The number of anilines is 1. The number of nitrogens with one attached hydrogen (secondary N) is 1. The third kappa shape index (κ3) is 2.87. The van der Waals surface area contributed by atoms with Crippen LogP contribution < -0.4 is 10.2 Å². The highest BCUT2D eigenvalue weighted by atomic mass is 32.2. The number of benzene rings is 1. The molecule has 1 N–H and O–H groups in total. The van der Waals surface area contributed by atoms with Crippen LogP contribution in [0.15, 0.2) is 23.1 Å². The van der Waals surface area contributed by atoms with Crippen LogP contribution in [0.1, 0.15) is 12.8 Å². The predicted octanol–water partition coefficient (Wildman–Crippen LogP) is 2.98. The van der Waals surface area contributed by atoms with Crippen molar-refractivity contribution in [2.24, 2.45) is 5.92 Å². The highest BCUT2D eigenvalue weighted by Crippen LogP contribution is 2.35. The Morgan fingerprint density at radius 1 is 1.52 bits per heavy atom. The Hall–Kier alpha value is -1.27. The van der Waals surface area contributed by atoms with E-state index in [1.54, 1.807) is 30.1 Å². The Bertz CT molecular complexity index is 655. The molecule has 1 unspecified atom stereocenters. The molecule has 0 saturated carbocycles. The second-order valence-corrected chi connectivity index (χ2v) is 7.06. The van der Waals surface area contributed by atoms with Crippen LogP contribution in [0.25, 0.3) is 10.2 Å². The first-order valence-electron chi connectivity index (χ1n) is 7.13. The van der Waals surface area contributed by atoms with Crippen LogP contribution in [-0.4, -0.2) is 37.3 Å². The first-order valence-corrected chi connectivity index (χ1v) is 9.17. The van der Waals surface area contributed by atoms with Gasteiger partial charge in [0.2, 0.25) is 5.91 Å². The number of piperidine rings is 1. The molecule has 1 aliphatic heterocycles. The number of hydrogen-bond donors (Lipinski definition) is 1. The summed E-state index contributed by atoms with van der Waals surface area (Å²) in [6.07, 6.45) is 4.09. The number of carbonyl (C=O) groups is 1. The average Bonchev–Trinajstić information content (AvgIpc) is 2.98. The molecule has 1 amide bonds. The molecule has 4 nitrogen and oxygen atoms in total. The van der Waals surface area contributed by atoms with Crippen molar-refractivity contribution in [1.29, 1.82) is 0 Å². The van der Waals surface area contributed by atoms with E-state index in [1.807, 2.05) is 0 Å². The molecule has 0 bridgehead atoms. The lowest BCUT2D eigenvalue weighted by Gasteiger charge is -2.31. The number of nitrogens with zero attached hydrogens (tertiary/aromatic N) is 2. The van der Waals surface area contributed by atoms with Crippen molar-refractivity contribution in [1.82, 2.24) is 10.3 Å². The molecule has 1 atom stereocenters. The van der Waals surface area contributed by atoms with E-state index in [9.17, 15) is 4.79 Å². The molecule has 6 heteroatoms. The number of aromatic nitrogens is 1. The largest absolute Gasteiger partial charge is 0.359 e. The topological polar surface area (TPSA) is 45.2 Å². The van der Waals surface area contributed by atoms with Crippen molar-refractivity contribution in [2.75, 3.05) is 31.3 Å². The molecule has 2 heterocycles. The van der Waals surface area contributed by atoms with Gasteiger partial charge in [0, 0.05) is 25.0 Å². The zero-order valence-electron chi connectivity index (χ0n) is 12.3. The summed E-state index contributed by atoms with van der Waals surface area (Å²) < 4.78 is 1.22. The smallest absolute Gasteiger partial charge is 0.224 e. The Balaban J connectivity index is 1.88. The fourth-order valence-electron chi connectivity index (χ4n) is 2.78. The molecule has 0 radical (unpaired) electrons. The molecular formula is C15H19N3OS2. The molecule has 1 aromatic heterocycles. The van der Waals surface area contributed by atoms with Crippen molar-refractivity contribution < 1.29 is 4.79 Å². The van der Waals surface area contributed by atoms with Gasteiger partial charge in [0.25, 0.3) is 0 Å². The van der Waals surface area contributed by atoms with E-state index in [-0.39, 0.29) is 11.8 Å². The second kappa shape index (κ2) is 6.23. The first kappa shape index (κ1) is 14.7. The highest BCUT2D eigenvalue weighted by molar-refractivity contribution is 7.98. The molecule has 3 rings (SSSR count). The van der Waals surface area contributed by atoms with Gasteiger partial charge in [-0.1, -0.05) is 17.4 Å². The van der Waals surface area contributed by atoms with Gasteiger partial charge < -0.3 is 10.2 Å². The van der Waals surface area contributed by atoms with Crippen molar-refractivity contribution in [3.8, 4) is 0 Å². The number of amides is 1. The number of hydrogen-bond acceptors (Lipinski definition) is 5. The Kier molecular flexibility index (Phi) is 4.35. The molecule has 1 aliphatic rings. The van der Waals surface area contributed by atoms with Gasteiger partial charge in [0.1, 0.15) is 0 Å². The van der Waals surface area contributed by atoms with Crippen LogP contribution in [0.2, 0.25) is 0 Å². The summed E-state index contributed by atoms with van der Waals surface area (Å²) in [6.45, 7) is 1.76. The SMILES string of the molecule is CNC(=O)C1CCCN(c2nc3c(SC)cccc3s2)C1. The van der Waals surface area contributed by atoms with Gasteiger partial charge in [-0.3, -0.25) is 4.79 Å². The van der Waals surface area contributed by atoms with E-state index in [0.29, 0.717) is 0 Å². The number of carbonyl (C=O) groups excluding carboxylic acids is 1. The zero-order valence-corrected chi connectivity index (χ0v) is 13.9. The second-order valence-electron chi connectivity index (χ2n) is 5.20. The highest BCUT2D eigenvalue weighted by Gasteiger charge is 2.26. The van der Waals surface area contributed by atoms with Crippen molar-refractivity contribution >= 4 is 44.4 Å². The lowest BCUT2D eigenvalue weighted by atomic mass is 9.98. The minimum Gasteiger partial charge on any atom is -0.359 e. The van der Waals surface area contributed by atoms with Crippen LogP contribution >= 0.6 is 23.1 Å². The number of rotatable bonds is 3. The van der Waals surface area contributed by atoms with Crippen molar-refractivity contribution in [3.05, 3.63) is 18.2 Å². The molecule has 21 heavy (non-hydrogen) atoms. The standard InChI is InChI=1S/C15H19N3OS2/c1-16-14(19)10-5-4-8-18(9-10)15-17-13-11(20-2)6-3-7-12(13)21-15/h3,6-7,10H,4-5,8-9H2,1-2H3,(H,16,19). The molecule has 1 aromatic carbocycles. The molecular weight excluding hydrogens is 302 g/mol. The fourth-order valence-corrected chi connectivity index (χ4v) is 4.44. The lowest BCUT2D eigenvalue weighted by Crippen LogP contribution is -2.42. The summed E-state index contributed by atoms with van der Waals surface area (Å²) in [5, 5.41) is 3.81. The third-order valence-electron chi connectivity index (χ3n) is 3.90. The summed E-state index contributed by atoms with van der Waals surface area (Å²) in [4.78, 5) is 20.2. The van der Waals surface area contributed by atoms with Gasteiger partial charge in [-0.25, -0.2) is 4.98 Å². The maximum absolute atomic E-state index is 11.9. The van der Waals surface area contributed by atoms with Crippen LogP contribution in [0.5, 0.6) is 0 Å². The zero-order chi connectivity index (χ0) is 14.8. The van der Waals surface area contributed by atoms with Crippen LogP contribution in [0.4, 0.5) is 5.13 Å². The van der Waals surface area contributed by atoms with Crippen LogP contribution in [-0.2, 0) is 4.79 Å². The Morgan fingerprint density at radius 2 is 2.38 bits per heavy atom. The Labute approximate surface area is 132 Å². The Morgan fingerprint density at radius 3 is 3.14 bits per heavy atom. The van der Waals surface area contributed by atoms with Gasteiger partial charge in [0.15, 0.2) is 5.13 Å². The first-order chi connectivity index (χ1) is 10.2. The summed E-state index contributed by atoms with van der Waals surface area (Å²) in [5.41, 5.74) is 1.09. The molecule has 112 valence electrons. The summed E-state index contributed by atoms with van der Waals surface area (Å²) in [7, 11) is 1.71. The number of fused-ring (bicyclic) bond motifs is 1. The van der Waals surface area contributed by atoms with Gasteiger partial charge in [0.05, 0.1) is 16.1 Å². The van der Waals surface area contributed by atoms with Crippen molar-refractivity contribution in [3.63, 3.8) is 0 Å². The summed E-state index contributed by atoms with van der Waals surface area (Å²) >= 11 is 3.45. The molecule has 1 saturated heterocycles. The van der Waals surface area contributed by atoms with E-state index < -0.39 is 0 Å². The number of para-hydroxylation sites is 1. The fraction of sp³-hybridized carbons (Fsp3) is 0.467. The quantitative estimate of drug-likeness (QED) is 0.883. The van der Waals surface area contributed by atoms with E-state index in [1.165, 1.54) is 9.60 Å². The molecule has 0 aliphatic carbocycles. The monoisotopic (exact) mass is 321 g/mol. The number of thioether (sulfide) groups is 1. The van der Waals surface area contributed by atoms with Crippen LogP contribution in [0, 0.1) is 5.92 Å². The van der Waals surface area contributed by atoms with E-state index in [4.69, 9.17) is 4.98 Å². The van der Waals surface area contributed by atoms with Gasteiger partial charge in [-0.2, -0.15) is 0 Å². The molecule has 0 spiro atoms. The van der Waals surface area contributed by atoms with Crippen LogP contribution in [0.3, 0.4) is 0 Å². The maximum atomic E-state index is 11.9. The summed E-state index contributed by atoms with van der Waals surface area (Å²) in [6, 6.07) is 6.32.